The van der Waals surface area contributed by atoms with Gasteiger partial charge in [0.15, 0.2) is 0 Å². The van der Waals surface area contributed by atoms with E-state index in [2.05, 4.69) is 15.9 Å². The first kappa shape index (κ1) is 6.63. The summed E-state index contributed by atoms with van der Waals surface area (Å²) in [5.41, 5.74) is 0. The minimum Gasteiger partial charge on any atom is -0.299 e. The van der Waals surface area contributed by atoms with Crippen molar-refractivity contribution in [2.24, 2.45) is 0 Å². The Morgan fingerprint density at radius 3 is 2.29 bits per heavy atom. The van der Waals surface area contributed by atoms with Crippen molar-refractivity contribution in [3.05, 3.63) is 23.2 Å². The molecule has 0 aliphatic rings. The van der Waals surface area contributed by atoms with E-state index in [4.69, 9.17) is 0 Å². The molecular weight excluding hydrogens is 156 g/mol. The Morgan fingerprint density at radius 2 is 1.86 bits per heavy atom. The number of carbonyl (C=O) groups excluding carboxylic acids is 1. The second-order valence-corrected chi connectivity index (χ2v) is 1.37. The molecule has 0 bridgehead atoms. The van der Waals surface area contributed by atoms with Crippen LogP contribution in [-0.4, -0.2) is 6.29 Å². The van der Waals surface area contributed by atoms with E-state index in [1.807, 2.05) is 0 Å². The Labute approximate surface area is 50.8 Å². The molecule has 2 heteroatoms. The molecule has 0 rings (SSSR count). The Bertz CT molecular complexity index is 94.3. The predicted molar refractivity (Wildman–Crippen MR) is 33.3 cm³/mol. The maximum absolute atomic E-state index is 9.54. The third-order valence-corrected chi connectivity index (χ3v) is 0.679. The smallest absolute Gasteiger partial charge is 0.142 e. The summed E-state index contributed by atoms with van der Waals surface area (Å²) in [5.74, 6) is 0. The van der Waals surface area contributed by atoms with Crippen molar-refractivity contribution in [1.82, 2.24) is 0 Å². The Morgan fingerprint density at radius 1 is 1.14 bits per heavy atom. The van der Waals surface area contributed by atoms with Crippen LogP contribution in [0.4, 0.5) is 0 Å². The van der Waals surface area contributed by atoms with Crippen LogP contribution in [0.15, 0.2) is 23.2 Å². The SMILES string of the molecule is O=C/C=C/C=CBr. The average Bonchev–Trinajstić information content (AvgIpc) is 1.69. The van der Waals surface area contributed by atoms with Gasteiger partial charge in [-0.15, -0.1) is 0 Å². The monoisotopic (exact) mass is 160 g/mol. The first-order valence-electron chi connectivity index (χ1n) is 1.79. The molecule has 0 fully saturated rings. The topological polar surface area (TPSA) is 17.1 Å². The van der Waals surface area contributed by atoms with E-state index in [1.165, 1.54) is 6.08 Å². The molecule has 0 saturated carbocycles. The molecule has 0 unspecified atom stereocenters. The molecule has 0 aromatic rings. The highest BCUT2D eigenvalue weighted by molar-refractivity contribution is 9.11. The maximum atomic E-state index is 9.54. The highest BCUT2D eigenvalue weighted by Crippen LogP contribution is 1.81. The number of halogens is 1. The summed E-state index contributed by atoms with van der Waals surface area (Å²) in [5, 5.41) is 0. The molecule has 0 aromatic carbocycles. The zero-order valence-electron chi connectivity index (χ0n) is 3.67. The van der Waals surface area contributed by atoms with Gasteiger partial charge in [-0.3, -0.25) is 4.79 Å². The standard InChI is InChI=1S/C5H5BrO/c6-4-2-1-3-5-7/h1-5H/b3-1+,4-2?. The summed E-state index contributed by atoms with van der Waals surface area (Å²) in [7, 11) is 0. The fourth-order valence-electron chi connectivity index (χ4n) is 0.152. The van der Waals surface area contributed by atoms with Crippen LogP contribution in [0.3, 0.4) is 0 Å². The van der Waals surface area contributed by atoms with Gasteiger partial charge in [-0.2, -0.15) is 0 Å². The van der Waals surface area contributed by atoms with Gasteiger partial charge in [0.25, 0.3) is 0 Å². The third kappa shape index (κ3) is 5.63. The molecule has 0 aliphatic carbocycles. The number of carbonyl (C=O) groups is 1. The Kier molecular flexibility index (Phi) is 5.33. The molecule has 0 spiro atoms. The maximum Gasteiger partial charge on any atom is 0.142 e. The van der Waals surface area contributed by atoms with E-state index in [0.29, 0.717) is 0 Å². The van der Waals surface area contributed by atoms with Crippen molar-refractivity contribution in [3.63, 3.8) is 0 Å². The van der Waals surface area contributed by atoms with Gasteiger partial charge in [-0.05, 0) is 11.1 Å². The molecule has 0 radical (unpaired) electrons. The highest BCUT2D eigenvalue weighted by atomic mass is 79.9. The minimum atomic E-state index is 0.729. The fraction of sp³-hybridized carbons (Fsp3) is 0. The molecule has 0 heterocycles. The molecule has 0 amide bonds. The van der Waals surface area contributed by atoms with Gasteiger partial charge in [-0.1, -0.05) is 28.1 Å². The van der Waals surface area contributed by atoms with Gasteiger partial charge < -0.3 is 0 Å². The van der Waals surface area contributed by atoms with Crippen LogP contribution in [-0.2, 0) is 4.79 Å². The number of rotatable bonds is 2. The summed E-state index contributed by atoms with van der Waals surface area (Å²) >= 11 is 3.03. The highest BCUT2D eigenvalue weighted by Gasteiger charge is 1.56. The van der Waals surface area contributed by atoms with E-state index >= 15 is 0 Å². The van der Waals surface area contributed by atoms with Gasteiger partial charge in [-0.25, -0.2) is 0 Å². The predicted octanol–water partition coefficient (Wildman–Crippen LogP) is 1.65. The molecule has 0 aliphatic heterocycles. The molecule has 0 saturated heterocycles. The zero-order chi connectivity index (χ0) is 5.54. The summed E-state index contributed by atoms with van der Waals surface area (Å²) in [6, 6.07) is 0. The largest absolute Gasteiger partial charge is 0.299 e. The number of hydrogen-bond acceptors (Lipinski definition) is 1. The summed E-state index contributed by atoms with van der Waals surface area (Å²) in [6.07, 6.45) is 5.50. The van der Waals surface area contributed by atoms with Gasteiger partial charge in [0.1, 0.15) is 6.29 Å². The molecule has 0 atom stereocenters. The Hall–Kier alpha value is -0.370. The Balaban J connectivity index is 3.27. The lowest BCUT2D eigenvalue weighted by molar-refractivity contribution is -0.104. The van der Waals surface area contributed by atoms with Crippen LogP contribution < -0.4 is 0 Å². The van der Waals surface area contributed by atoms with Gasteiger partial charge in [0.05, 0.1) is 0 Å². The van der Waals surface area contributed by atoms with Crippen LogP contribution >= 0.6 is 15.9 Å². The van der Waals surface area contributed by atoms with Gasteiger partial charge in [0.2, 0.25) is 0 Å². The molecule has 0 N–H and O–H groups in total. The zero-order valence-corrected chi connectivity index (χ0v) is 5.26. The van der Waals surface area contributed by atoms with Crippen LogP contribution in [0, 0.1) is 0 Å². The number of aldehydes is 1. The van der Waals surface area contributed by atoms with Crippen molar-refractivity contribution in [3.8, 4) is 0 Å². The summed E-state index contributed by atoms with van der Waals surface area (Å²) in [4.78, 5) is 11.2. The molecule has 0 aromatic heterocycles. The van der Waals surface area contributed by atoms with Crippen LogP contribution in [0.2, 0.25) is 0 Å². The van der Waals surface area contributed by atoms with Crippen LogP contribution in [0.25, 0.3) is 0 Å². The van der Waals surface area contributed by atoms with Crippen LogP contribution in [0.5, 0.6) is 0 Å². The average molecular weight is 161 g/mol. The number of allylic oxidation sites excluding steroid dienone is 3. The fourth-order valence-corrected chi connectivity index (χ4v) is 0.328. The second kappa shape index (κ2) is 5.63. The van der Waals surface area contributed by atoms with Crippen molar-refractivity contribution in [2.45, 2.75) is 0 Å². The van der Waals surface area contributed by atoms with E-state index < -0.39 is 0 Å². The lowest BCUT2D eigenvalue weighted by atomic mass is 10.5. The molecule has 38 valence electrons. The first-order valence-corrected chi connectivity index (χ1v) is 2.70. The number of hydrogen-bond donors (Lipinski definition) is 0. The van der Waals surface area contributed by atoms with E-state index in [-0.39, 0.29) is 0 Å². The summed E-state index contributed by atoms with van der Waals surface area (Å²) < 4.78 is 0. The lowest BCUT2D eigenvalue weighted by Crippen LogP contribution is -1.53. The molecule has 7 heavy (non-hydrogen) atoms. The van der Waals surface area contributed by atoms with Gasteiger partial charge >= 0.3 is 0 Å². The molecular formula is C5H5BrO. The third-order valence-electron chi connectivity index (χ3n) is 0.374. The molecule has 1 nitrogen and oxygen atoms in total. The van der Waals surface area contributed by atoms with Crippen molar-refractivity contribution < 1.29 is 4.79 Å². The second-order valence-electron chi connectivity index (χ2n) is 0.839. The van der Waals surface area contributed by atoms with Gasteiger partial charge in [0, 0.05) is 0 Å². The minimum absolute atomic E-state index is 0.729. The van der Waals surface area contributed by atoms with Crippen molar-refractivity contribution in [2.75, 3.05) is 0 Å². The quantitative estimate of drug-likeness (QED) is 0.342. The van der Waals surface area contributed by atoms with E-state index in [1.54, 1.807) is 17.1 Å². The van der Waals surface area contributed by atoms with Crippen molar-refractivity contribution in [1.29, 1.82) is 0 Å². The van der Waals surface area contributed by atoms with E-state index in [0.717, 1.165) is 6.29 Å². The van der Waals surface area contributed by atoms with E-state index in [9.17, 15) is 4.79 Å². The normalized spacial score (nSPS) is 11.0. The van der Waals surface area contributed by atoms with Crippen LogP contribution in [0.1, 0.15) is 0 Å². The van der Waals surface area contributed by atoms with Crippen molar-refractivity contribution >= 4 is 22.2 Å². The lowest BCUT2D eigenvalue weighted by Gasteiger charge is -1.61. The first-order chi connectivity index (χ1) is 3.41. The summed E-state index contributed by atoms with van der Waals surface area (Å²) in [6.45, 7) is 0.